The van der Waals surface area contributed by atoms with Crippen LogP contribution in [0.25, 0.3) is 0 Å². The van der Waals surface area contributed by atoms with E-state index in [0.29, 0.717) is 10.8 Å². The van der Waals surface area contributed by atoms with Gasteiger partial charge in [0.1, 0.15) is 5.75 Å². The van der Waals surface area contributed by atoms with Crippen molar-refractivity contribution in [1.82, 2.24) is 0 Å². The number of aryl methyl sites for hydroxylation is 1. The molecule has 1 saturated carbocycles. The molecule has 1 aromatic rings. The van der Waals surface area contributed by atoms with Crippen LogP contribution in [0.2, 0.25) is 5.02 Å². The van der Waals surface area contributed by atoms with Gasteiger partial charge in [0.25, 0.3) is 0 Å². The van der Waals surface area contributed by atoms with E-state index in [1.807, 2.05) is 13.0 Å². The van der Waals surface area contributed by atoms with Crippen LogP contribution < -0.4 is 4.74 Å². The molecule has 1 aliphatic rings. The fourth-order valence-electron chi connectivity index (χ4n) is 1.58. The van der Waals surface area contributed by atoms with Gasteiger partial charge in [-0.2, -0.15) is 0 Å². The van der Waals surface area contributed by atoms with Gasteiger partial charge in [-0.05, 0) is 37.5 Å². The Labute approximate surface area is 99.0 Å². The molecule has 0 heterocycles. The summed E-state index contributed by atoms with van der Waals surface area (Å²) in [4.78, 5) is 11.0. The molecule has 16 heavy (non-hydrogen) atoms. The first kappa shape index (κ1) is 11.3. The Hall–Kier alpha value is -1.22. The third-order valence-corrected chi connectivity index (χ3v) is 2.95. The molecule has 1 fully saturated rings. The molecule has 1 unspecified atom stereocenters. The molecule has 0 bridgehead atoms. The summed E-state index contributed by atoms with van der Waals surface area (Å²) in [6, 6.07) is 5.35. The number of carboxylic acid groups (broad SMARTS) is 1. The molecule has 0 saturated heterocycles. The lowest BCUT2D eigenvalue weighted by Crippen LogP contribution is -2.29. The summed E-state index contributed by atoms with van der Waals surface area (Å²) in [7, 11) is 0. The predicted molar refractivity (Wildman–Crippen MR) is 61.0 cm³/mol. The molecule has 0 radical (unpaired) electrons. The first-order chi connectivity index (χ1) is 7.58. The number of carboxylic acids is 1. The van der Waals surface area contributed by atoms with Crippen LogP contribution in [0.1, 0.15) is 18.4 Å². The van der Waals surface area contributed by atoms with Gasteiger partial charge in [-0.3, -0.25) is 0 Å². The lowest BCUT2D eigenvalue weighted by molar-refractivity contribution is -0.146. The van der Waals surface area contributed by atoms with E-state index in [9.17, 15) is 4.79 Å². The average Bonchev–Trinajstić information content (AvgIpc) is 3.02. The Balaban J connectivity index is 2.17. The number of halogens is 1. The first-order valence-electron chi connectivity index (χ1n) is 5.23. The van der Waals surface area contributed by atoms with E-state index in [-0.39, 0.29) is 5.92 Å². The second kappa shape index (κ2) is 4.34. The molecule has 0 aliphatic heterocycles. The van der Waals surface area contributed by atoms with Crippen LogP contribution >= 0.6 is 11.6 Å². The van der Waals surface area contributed by atoms with E-state index in [0.717, 1.165) is 18.4 Å². The highest BCUT2D eigenvalue weighted by molar-refractivity contribution is 6.32. The summed E-state index contributed by atoms with van der Waals surface area (Å²) in [5, 5.41) is 9.49. The Morgan fingerprint density at radius 3 is 2.81 bits per heavy atom. The van der Waals surface area contributed by atoms with Crippen LogP contribution in [0.15, 0.2) is 18.2 Å². The molecule has 1 N–H and O–H groups in total. The summed E-state index contributed by atoms with van der Waals surface area (Å²) >= 11 is 5.95. The summed E-state index contributed by atoms with van der Waals surface area (Å²) in [5.74, 6) is -0.324. The maximum absolute atomic E-state index is 11.0. The zero-order valence-corrected chi connectivity index (χ0v) is 9.70. The van der Waals surface area contributed by atoms with Crippen molar-refractivity contribution in [2.45, 2.75) is 25.9 Å². The van der Waals surface area contributed by atoms with Gasteiger partial charge in [0.05, 0.1) is 5.02 Å². The largest absolute Gasteiger partial charge is 0.478 e. The molecule has 1 aromatic carbocycles. The fourth-order valence-corrected chi connectivity index (χ4v) is 1.75. The first-order valence-corrected chi connectivity index (χ1v) is 5.61. The van der Waals surface area contributed by atoms with Gasteiger partial charge < -0.3 is 9.84 Å². The predicted octanol–water partition coefficient (Wildman–Crippen LogP) is 2.89. The molecule has 4 heteroatoms. The molecular weight excluding hydrogens is 228 g/mol. The molecule has 0 spiro atoms. The molecule has 0 amide bonds. The van der Waals surface area contributed by atoms with Crippen molar-refractivity contribution in [3.63, 3.8) is 0 Å². The Bertz CT molecular complexity index is 413. The van der Waals surface area contributed by atoms with E-state index in [1.54, 1.807) is 12.1 Å². The highest BCUT2D eigenvalue weighted by atomic mass is 35.5. The van der Waals surface area contributed by atoms with Crippen LogP contribution in [0.5, 0.6) is 5.75 Å². The highest BCUT2D eigenvalue weighted by Crippen LogP contribution is 2.36. The minimum absolute atomic E-state index is 0.133. The van der Waals surface area contributed by atoms with E-state index in [1.165, 1.54) is 0 Å². The van der Waals surface area contributed by atoms with Gasteiger partial charge in [0.2, 0.25) is 0 Å². The van der Waals surface area contributed by atoms with Crippen molar-refractivity contribution in [2.75, 3.05) is 0 Å². The van der Waals surface area contributed by atoms with Crippen LogP contribution in [-0.2, 0) is 4.79 Å². The lowest BCUT2D eigenvalue weighted by atomic mass is 10.2. The van der Waals surface area contributed by atoms with Crippen molar-refractivity contribution < 1.29 is 14.6 Å². The minimum Gasteiger partial charge on any atom is -0.478 e. The molecule has 1 aliphatic carbocycles. The van der Waals surface area contributed by atoms with E-state index in [2.05, 4.69) is 0 Å². The van der Waals surface area contributed by atoms with Gasteiger partial charge in [0, 0.05) is 5.92 Å². The number of benzene rings is 1. The number of carbonyl (C=O) groups is 1. The van der Waals surface area contributed by atoms with Crippen LogP contribution in [0.4, 0.5) is 0 Å². The quantitative estimate of drug-likeness (QED) is 0.880. The number of aliphatic carboxylic acids is 1. The molecule has 86 valence electrons. The molecule has 1 atom stereocenters. The topological polar surface area (TPSA) is 46.5 Å². The Morgan fingerprint density at radius 2 is 2.25 bits per heavy atom. The molecule has 2 rings (SSSR count). The summed E-state index contributed by atoms with van der Waals surface area (Å²) in [6.45, 7) is 1.91. The number of hydrogen-bond acceptors (Lipinski definition) is 2. The summed E-state index contributed by atoms with van der Waals surface area (Å²) in [5.41, 5.74) is 0.999. The maximum Gasteiger partial charge on any atom is 0.345 e. The zero-order valence-electron chi connectivity index (χ0n) is 8.94. The van der Waals surface area contributed by atoms with Crippen molar-refractivity contribution in [1.29, 1.82) is 0 Å². The number of hydrogen-bond donors (Lipinski definition) is 1. The highest BCUT2D eigenvalue weighted by Gasteiger charge is 2.38. The zero-order chi connectivity index (χ0) is 11.7. The van der Waals surface area contributed by atoms with Gasteiger partial charge >= 0.3 is 5.97 Å². The molecule has 0 aromatic heterocycles. The summed E-state index contributed by atoms with van der Waals surface area (Å²) < 4.78 is 5.48. The van der Waals surface area contributed by atoms with Crippen LogP contribution in [-0.4, -0.2) is 17.2 Å². The van der Waals surface area contributed by atoms with E-state index in [4.69, 9.17) is 21.4 Å². The van der Waals surface area contributed by atoms with Crippen LogP contribution in [0, 0.1) is 12.8 Å². The van der Waals surface area contributed by atoms with Crippen molar-refractivity contribution >= 4 is 17.6 Å². The fraction of sp³-hybridized carbons (Fsp3) is 0.417. The van der Waals surface area contributed by atoms with Gasteiger partial charge in [-0.15, -0.1) is 0 Å². The second-order valence-corrected chi connectivity index (χ2v) is 4.56. The van der Waals surface area contributed by atoms with Gasteiger partial charge in [-0.1, -0.05) is 17.7 Å². The van der Waals surface area contributed by atoms with Gasteiger partial charge in [-0.25, -0.2) is 4.79 Å². The van der Waals surface area contributed by atoms with E-state index >= 15 is 0 Å². The normalized spacial score (nSPS) is 16.9. The second-order valence-electron chi connectivity index (χ2n) is 4.15. The minimum atomic E-state index is -0.917. The third-order valence-electron chi connectivity index (χ3n) is 2.63. The van der Waals surface area contributed by atoms with E-state index < -0.39 is 12.1 Å². The van der Waals surface area contributed by atoms with Gasteiger partial charge in [0.15, 0.2) is 6.10 Å². The van der Waals surface area contributed by atoms with Crippen LogP contribution in [0.3, 0.4) is 0 Å². The van der Waals surface area contributed by atoms with Crippen molar-refractivity contribution in [3.05, 3.63) is 28.8 Å². The maximum atomic E-state index is 11.0. The average molecular weight is 241 g/mol. The standard InChI is InChI=1S/C12H13ClO3/c1-7-2-5-9(13)10(6-7)16-11(12(14)15)8-3-4-8/h2,5-6,8,11H,3-4H2,1H3,(H,14,15). The smallest absolute Gasteiger partial charge is 0.345 e. The summed E-state index contributed by atoms with van der Waals surface area (Å²) in [6.07, 6.45) is 1.07. The Kier molecular flexibility index (Phi) is 3.06. The SMILES string of the molecule is Cc1ccc(Cl)c(OC(C(=O)O)C2CC2)c1. The molecule has 3 nitrogen and oxygen atoms in total. The monoisotopic (exact) mass is 240 g/mol. The number of rotatable bonds is 4. The Morgan fingerprint density at radius 1 is 1.56 bits per heavy atom. The molecular formula is C12H13ClO3. The van der Waals surface area contributed by atoms with Crippen molar-refractivity contribution in [2.24, 2.45) is 5.92 Å². The number of ether oxygens (including phenoxy) is 1. The third kappa shape index (κ3) is 2.47. The van der Waals surface area contributed by atoms with Crippen molar-refractivity contribution in [3.8, 4) is 5.75 Å². The lowest BCUT2D eigenvalue weighted by Gasteiger charge is -2.15.